The highest BCUT2D eigenvalue weighted by Gasteiger charge is 2.56. The number of carbonyl (C=O) groups excluding carboxylic acids is 2. The van der Waals surface area contributed by atoms with Gasteiger partial charge in [0.25, 0.3) is 0 Å². The van der Waals surface area contributed by atoms with E-state index in [1.54, 1.807) is 0 Å². The summed E-state index contributed by atoms with van der Waals surface area (Å²) < 4.78 is 0. The summed E-state index contributed by atoms with van der Waals surface area (Å²) in [5.74, 6) is 3.03. The van der Waals surface area contributed by atoms with E-state index in [1.165, 1.54) is 116 Å². The van der Waals surface area contributed by atoms with Crippen LogP contribution in [0, 0.1) is 22.7 Å². The largest absolute Gasteiger partial charge is 0.300 e. The van der Waals surface area contributed by atoms with Crippen molar-refractivity contribution < 1.29 is 9.59 Å². The summed E-state index contributed by atoms with van der Waals surface area (Å²) in [5.41, 5.74) is 1.28. The summed E-state index contributed by atoms with van der Waals surface area (Å²) in [7, 11) is 0. The first-order valence-electron chi connectivity index (χ1n) is 16.5. The molecule has 0 N–H and O–H groups in total. The molecule has 0 heterocycles. The van der Waals surface area contributed by atoms with Gasteiger partial charge in [-0.15, -0.1) is 0 Å². The Morgan fingerprint density at radius 3 is 1.25 bits per heavy atom. The Bertz CT molecular complexity index is 584. The van der Waals surface area contributed by atoms with Gasteiger partial charge in [-0.05, 0) is 99.7 Å². The van der Waals surface area contributed by atoms with Crippen LogP contribution >= 0.6 is 0 Å². The van der Waals surface area contributed by atoms with Crippen LogP contribution in [0.4, 0.5) is 0 Å². The van der Waals surface area contributed by atoms with Crippen molar-refractivity contribution in [3.63, 3.8) is 0 Å². The third-order valence-electron chi connectivity index (χ3n) is 10.2. The zero-order chi connectivity index (χ0) is 25.7. The molecular formula is C34H60O2. The van der Waals surface area contributed by atoms with Gasteiger partial charge in [-0.25, -0.2) is 0 Å². The fraction of sp³-hybridized carbons (Fsp3) is 0.941. The van der Waals surface area contributed by atoms with E-state index in [9.17, 15) is 9.59 Å². The molecule has 4 saturated carbocycles. The minimum Gasteiger partial charge on any atom is -0.300 e. The van der Waals surface area contributed by atoms with Crippen LogP contribution in [-0.2, 0) is 9.59 Å². The minimum atomic E-state index is 0.512. The van der Waals surface area contributed by atoms with Crippen LogP contribution in [0.1, 0.15) is 181 Å². The molecule has 0 spiro atoms. The third-order valence-corrected chi connectivity index (χ3v) is 10.2. The molecule has 2 nitrogen and oxygen atoms in total. The maximum atomic E-state index is 12.2. The lowest BCUT2D eigenvalue weighted by atomic mass is 9.42. The van der Waals surface area contributed by atoms with Gasteiger partial charge >= 0.3 is 0 Å². The molecule has 0 aromatic heterocycles. The standard InChI is InChI=1S/C34H60O2/c1-3-5-7-11-17-31(35)19-13-9-15-21-33-24-29-23-30(25-33)27-34(26-29,28-33)22-16-10-14-20-32(36)18-12-8-6-4-2/h29-30H,3-28H2,1-2H3. The van der Waals surface area contributed by atoms with Gasteiger partial charge in [0.1, 0.15) is 11.6 Å². The van der Waals surface area contributed by atoms with Crippen molar-refractivity contribution in [3.05, 3.63) is 0 Å². The van der Waals surface area contributed by atoms with Crippen molar-refractivity contribution in [2.24, 2.45) is 22.7 Å². The Labute approximate surface area is 224 Å². The third kappa shape index (κ3) is 9.90. The summed E-state index contributed by atoms with van der Waals surface area (Å²) in [6.07, 6.45) is 32.4. The average molecular weight is 501 g/mol. The Kier molecular flexibility index (Phi) is 13.0. The number of hydrogen-bond donors (Lipinski definition) is 0. The topological polar surface area (TPSA) is 34.1 Å². The molecule has 4 aliphatic rings. The number of carbonyl (C=O) groups is 2. The van der Waals surface area contributed by atoms with E-state index < -0.39 is 0 Å². The zero-order valence-corrected chi connectivity index (χ0v) is 24.4. The predicted molar refractivity (Wildman–Crippen MR) is 153 cm³/mol. The van der Waals surface area contributed by atoms with Gasteiger partial charge < -0.3 is 0 Å². The summed E-state index contributed by atoms with van der Waals surface area (Å²) in [4.78, 5) is 24.3. The molecule has 208 valence electrons. The van der Waals surface area contributed by atoms with Gasteiger partial charge in [-0.3, -0.25) is 9.59 Å². The molecular weight excluding hydrogens is 440 g/mol. The van der Waals surface area contributed by atoms with Gasteiger partial charge in [0, 0.05) is 25.7 Å². The summed E-state index contributed by atoms with van der Waals surface area (Å²) in [6.45, 7) is 4.46. The van der Waals surface area contributed by atoms with Gasteiger partial charge in [0.05, 0.1) is 0 Å². The van der Waals surface area contributed by atoms with Crippen LogP contribution in [0.5, 0.6) is 0 Å². The smallest absolute Gasteiger partial charge is 0.132 e. The summed E-state index contributed by atoms with van der Waals surface area (Å²) in [6, 6.07) is 0. The lowest BCUT2D eigenvalue weighted by Crippen LogP contribution is -2.51. The van der Waals surface area contributed by atoms with Gasteiger partial charge in [0.15, 0.2) is 0 Å². The zero-order valence-electron chi connectivity index (χ0n) is 24.4. The Morgan fingerprint density at radius 1 is 0.528 bits per heavy atom. The Morgan fingerprint density at radius 2 is 0.889 bits per heavy atom. The normalized spacial score (nSPS) is 28.6. The van der Waals surface area contributed by atoms with Crippen LogP contribution in [0.2, 0.25) is 0 Å². The maximum absolute atomic E-state index is 12.2. The van der Waals surface area contributed by atoms with E-state index in [0.29, 0.717) is 22.4 Å². The fourth-order valence-electron chi connectivity index (χ4n) is 8.98. The lowest BCUT2D eigenvalue weighted by Gasteiger charge is -2.63. The van der Waals surface area contributed by atoms with Crippen molar-refractivity contribution in [3.8, 4) is 0 Å². The molecule has 0 radical (unpaired) electrons. The second-order valence-electron chi connectivity index (χ2n) is 13.8. The molecule has 0 aliphatic heterocycles. The molecule has 0 unspecified atom stereocenters. The predicted octanol–water partition coefficient (Wildman–Crippen LogP) is 10.6. The average Bonchev–Trinajstić information content (AvgIpc) is 2.83. The minimum absolute atomic E-state index is 0.512. The first kappa shape index (κ1) is 29.9. The highest BCUT2D eigenvalue weighted by atomic mass is 16.1. The second kappa shape index (κ2) is 15.7. The van der Waals surface area contributed by atoms with Gasteiger partial charge in [0.2, 0.25) is 0 Å². The summed E-state index contributed by atoms with van der Waals surface area (Å²) >= 11 is 0. The number of ketones is 2. The van der Waals surface area contributed by atoms with Crippen molar-refractivity contribution in [2.45, 2.75) is 181 Å². The van der Waals surface area contributed by atoms with E-state index in [2.05, 4.69) is 13.8 Å². The van der Waals surface area contributed by atoms with Crippen molar-refractivity contribution in [1.82, 2.24) is 0 Å². The Balaban J connectivity index is 1.31. The van der Waals surface area contributed by atoms with Crippen molar-refractivity contribution in [2.75, 3.05) is 0 Å². The summed E-state index contributed by atoms with van der Waals surface area (Å²) in [5, 5.41) is 0. The number of hydrogen-bond acceptors (Lipinski definition) is 2. The maximum Gasteiger partial charge on any atom is 0.132 e. The highest BCUT2D eigenvalue weighted by Crippen LogP contribution is 2.68. The molecule has 0 aromatic carbocycles. The first-order valence-corrected chi connectivity index (χ1v) is 16.5. The number of unbranched alkanes of at least 4 members (excludes halogenated alkanes) is 10. The van der Waals surface area contributed by atoms with E-state index in [4.69, 9.17) is 0 Å². The quantitative estimate of drug-likeness (QED) is 0.138. The fourth-order valence-corrected chi connectivity index (χ4v) is 8.98. The van der Waals surface area contributed by atoms with E-state index in [-0.39, 0.29) is 0 Å². The molecule has 36 heavy (non-hydrogen) atoms. The van der Waals surface area contributed by atoms with Crippen LogP contribution in [0.15, 0.2) is 0 Å². The monoisotopic (exact) mass is 500 g/mol. The molecule has 0 aromatic rings. The molecule has 2 heteroatoms. The van der Waals surface area contributed by atoms with Crippen molar-refractivity contribution >= 4 is 11.6 Å². The van der Waals surface area contributed by atoms with Gasteiger partial charge in [-0.2, -0.15) is 0 Å². The first-order chi connectivity index (χ1) is 17.5. The second-order valence-corrected chi connectivity index (χ2v) is 13.8. The number of Topliss-reactive ketones (excluding diaryl/α,β-unsaturated/α-hetero) is 2. The van der Waals surface area contributed by atoms with E-state index in [0.717, 1.165) is 63.2 Å². The van der Waals surface area contributed by atoms with Gasteiger partial charge in [-0.1, -0.05) is 78.1 Å². The van der Waals surface area contributed by atoms with Crippen LogP contribution in [0.25, 0.3) is 0 Å². The van der Waals surface area contributed by atoms with Crippen LogP contribution in [-0.4, -0.2) is 11.6 Å². The molecule has 4 fully saturated rings. The van der Waals surface area contributed by atoms with E-state index in [1.807, 2.05) is 0 Å². The van der Waals surface area contributed by atoms with Crippen LogP contribution < -0.4 is 0 Å². The number of rotatable bonds is 22. The molecule has 0 atom stereocenters. The highest BCUT2D eigenvalue weighted by molar-refractivity contribution is 5.78. The van der Waals surface area contributed by atoms with E-state index >= 15 is 0 Å². The van der Waals surface area contributed by atoms with Crippen molar-refractivity contribution in [1.29, 1.82) is 0 Å². The molecule has 4 rings (SSSR count). The van der Waals surface area contributed by atoms with Crippen LogP contribution in [0.3, 0.4) is 0 Å². The molecule has 4 bridgehead atoms. The Hall–Kier alpha value is -0.660. The molecule has 4 aliphatic carbocycles. The SMILES string of the molecule is CCCCCCC(=O)CCCCCC12CC3CC(C1)CC(CCCCCC(=O)CCCCCC)(C3)C2. The molecule has 0 saturated heterocycles. The lowest BCUT2D eigenvalue weighted by molar-refractivity contribution is -0.120. The molecule has 0 amide bonds.